The van der Waals surface area contributed by atoms with Crippen LogP contribution in [0.4, 0.5) is 11.4 Å². The third-order valence-electron chi connectivity index (χ3n) is 2.69. The Labute approximate surface area is 146 Å². The highest BCUT2D eigenvalue weighted by atomic mass is 32.2. The van der Waals surface area contributed by atoms with Crippen LogP contribution in [-0.2, 0) is 20.2 Å². The van der Waals surface area contributed by atoms with E-state index in [2.05, 4.69) is 0 Å². The van der Waals surface area contributed by atoms with Crippen LogP contribution in [0.3, 0.4) is 0 Å². The van der Waals surface area contributed by atoms with Crippen molar-refractivity contribution in [3.63, 3.8) is 0 Å². The molecule has 0 aliphatic rings. The lowest BCUT2D eigenvalue weighted by molar-refractivity contribution is -0.387. The van der Waals surface area contributed by atoms with Crippen molar-refractivity contribution in [1.82, 2.24) is 0 Å². The zero-order valence-corrected chi connectivity index (χ0v) is 14.1. The van der Waals surface area contributed by atoms with Gasteiger partial charge in [-0.15, -0.1) is 0 Å². The molecule has 0 fully saturated rings. The fraction of sp³-hybridized carbons (Fsp3) is 0. The minimum Gasteiger partial charge on any atom is -0.282 e. The number of nitro groups is 2. The molecule has 14 heteroatoms. The first kappa shape index (κ1) is 21.1. The molecule has 0 aromatic heterocycles. The van der Waals surface area contributed by atoms with Gasteiger partial charge in [0.2, 0.25) is 0 Å². The molecule has 0 atom stereocenters. The van der Waals surface area contributed by atoms with Crippen molar-refractivity contribution in [3.05, 3.63) is 68.8 Å². The molecule has 0 amide bonds. The molecule has 0 saturated heterocycles. The topological polar surface area (TPSA) is 195 Å². The summed E-state index contributed by atoms with van der Waals surface area (Å²) in [5, 5.41) is 20.5. The van der Waals surface area contributed by atoms with Crippen molar-refractivity contribution in [2.75, 3.05) is 0 Å². The Morgan fingerprint density at radius 2 is 1.23 bits per heavy atom. The average molecular weight is 406 g/mol. The summed E-state index contributed by atoms with van der Waals surface area (Å²) in [6, 6.07) is 8.51. The molecule has 140 valence electrons. The highest BCUT2D eigenvalue weighted by molar-refractivity contribution is 7.86. The number of rotatable bonds is 4. The quantitative estimate of drug-likeness (QED) is 0.428. The normalized spacial score (nSPS) is 11.2. The van der Waals surface area contributed by atoms with E-state index in [1.807, 2.05) is 0 Å². The summed E-state index contributed by atoms with van der Waals surface area (Å²) in [5.74, 6) is 0. The van der Waals surface area contributed by atoms with Crippen LogP contribution in [0.25, 0.3) is 0 Å². The zero-order valence-electron chi connectivity index (χ0n) is 12.5. The molecule has 2 aromatic carbocycles. The molecule has 0 saturated carbocycles. The minimum atomic E-state index is -4.52. The molecule has 0 heterocycles. The maximum Gasteiger partial charge on any atom is 0.301 e. The number of para-hydroxylation sites is 1. The molecule has 0 bridgehead atoms. The van der Waals surface area contributed by atoms with E-state index in [1.54, 1.807) is 0 Å². The number of hydrogen-bond donors (Lipinski definition) is 2. The van der Waals surface area contributed by atoms with Crippen molar-refractivity contribution in [2.24, 2.45) is 0 Å². The molecular formula is C12H10N2O10S2. The molecular weight excluding hydrogens is 396 g/mol. The Morgan fingerprint density at radius 3 is 1.58 bits per heavy atom. The third-order valence-corrected chi connectivity index (χ3v) is 4.45. The summed E-state index contributed by atoms with van der Waals surface area (Å²) in [7, 11) is -8.79. The minimum absolute atomic E-state index is 0.229. The lowest BCUT2D eigenvalue weighted by atomic mass is 10.3. The molecule has 26 heavy (non-hydrogen) atoms. The number of non-ortho nitro benzene ring substituents is 1. The average Bonchev–Trinajstić information content (AvgIpc) is 2.54. The second-order valence-electron chi connectivity index (χ2n) is 4.43. The van der Waals surface area contributed by atoms with E-state index in [0.717, 1.165) is 36.4 Å². The summed E-state index contributed by atoms with van der Waals surface area (Å²) in [6.45, 7) is 0. The van der Waals surface area contributed by atoms with Crippen LogP contribution >= 0.6 is 0 Å². The number of nitro benzene ring substituents is 2. The van der Waals surface area contributed by atoms with Crippen LogP contribution < -0.4 is 0 Å². The Kier molecular flexibility index (Phi) is 6.46. The van der Waals surface area contributed by atoms with Crippen molar-refractivity contribution in [3.8, 4) is 0 Å². The second-order valence-corrected chi connectivity index (χ2v) is 7.24. The standard InChI is InChI=1S/2C6H5NO5S/c8-7(9)5-1-3-6(4-2-5)13(10,11)12;8-7(9)5-3-1-2-4-6(5)13(10,11)12/h2*1-4H,(H,10,11,12). The first-order chi connectivity index (χ1) is 11.8. The predicted molar refractivity (Wildman–Crippen MR) is 85.8 cm³/mol. The van der Waals surface area contributed by atoms with E-state index in [0.29, 0.717) is 0 Å². The summed E-state index contributed by atoms with van der Waals surface area (Å²) in [4.78, 5) is 17.9. The molecule has 0 spiro atoms. The van der Waals surface area contributed by atoms with Crippen molar-refractivity contribution in [1.29, 1.82) is 0 Å². The van der Waals surface area contributed by atoms with Crippen molar-refractivity contribution >= 4 is 31.6 Å². The van der Waals surface area contributed by atoms with Crippen LogP contribution in [0.1, 0.15) is 0 Å². The summed E-state index contributed by atoms with van der Waals surface area (Å²) in [6.07, 6.45) is 0. The molecule has 2 rings (SSSR count). The van der Waals surface area contributed by atoms with Gasteiger partial charge in [-0.2, -0.15) is 16.8 Å². The van der Waals surface area contributed by atoms with Crippen molar-refractivity contribution in [2.45, 2.75) is 9.79 Å². The highest BCUT2D eigenvalue weighted by Gasteiger charge is 2.22. The molecule has 0 radical (unpaired) electrons. The lowest BCUT2D eigenvalue weighted by Gasteiger charge is -1.97. The molecule has 2 aromatic rings. The van der Waals surface area contributed by atoms with E-state index in [9.17, 15) is 37.1 Å². The van der Waals surface area contributed by atoms with E-state index in [-0.39, 0.29) is 10.6 Å². The van der Waals surface area contributed by atoms with Crippen LogP contribution in [-0.4, -0.2) is 35.8 Å². The molecule has 12 nitrogen and oxygen atoms in total. The van der Waals surface area contributed by atoms with Gasteiger partial charge in [-0.1, -0.05) is 12.1 Å². The van der Waals surface area contributed by atoms with Crippen LogP contribution in [0.15, 0.2) is 58.3 Å². The van der Waals surface area contributed by atoms with Crippen LogP contribution in [0, 0.1) is 20.2 Å². The molecule has 0 unspecified atom stereocenters. The van der Waals surface area contributed by atoms with Gasteiger partial charge in [0.25, 0.3) is 21.5 Å². The number of nitrogens with zero attached hydrogens (tertiary/aromatic N) is 2. The van der Waals surface area contributed by atoms with Crippen LogP contribution in [0.2, 0.25) is 0 Å². The van der Waals surface area contributed by atoms with Gasteiger partial charge in [-0.05, 0) is 18.2 Å². The lowest BCUT2D eigenvalue weighted by Crippen LogP contribution is -2.02. The Balaban J connectivity index is 0.000000260. The Hall–Kier alpha value is -2.94. The van der Waals surface area contributed by atoms with Gasteiger partial charge in [0.15, 0.2) is 4.90 Å². The third kappa shape index (κ3) is 5.85. The second kappa shape index (κ2) is 7.96. The number of hydrogen-bond acceptors (Lipinski definition) is 8. The van der Waals surface area contributed by atoms with Gasteiger partial charge in [0.1, 0.15) is 0 Å². The Bertz CT molecular complexity index is 1030. The SMILES string of the molecule is O=[N+]([O-])c1ccc(S(=O)(=O)O)cc1.O=[N+]([O-])c1ccccc1S(=O)(=O)O. The molecule has 2 N–H and O–H groups in total. The van der Waals surface area contributed by atoms with E-state index in [1.165, 1.54) is 12.1 Å². The zero-order chi connectivity index (χ0) is 20.1. The van der Waals surface area contributed by atoms with Gasteiger partial charge in [-0.25, -0.2) is 0 Å². The van der Waals surface area contributed by atoms with E-state index < -0.39 is 40.7 Å². The van der Waals surface area contributed by atoms with Gasteiger partial charge in [0, 0.05) is 18.2 Å². The first-order valence-electron chi connectivity index (χ1n) is 6.27. The maximum absolute atomic E-state index is 10.6. The molecule has 0 aliphatic heterocycles. The van der Waals surface area contributed by atoms with E-state index >= 15 is 0 Å². The van der Waals surface area contributed by atoms with Crippen LogP contribution in [0.5, 0.6) is 0 Å². The fourth-order valence-corrected chi connectivity index (χ4v) is 2.70. The maximum atomic E-state index is 10.6. The van der Waals surface area contributed by atoms with Gasteiger partial charge < -0.3 is 0 Å². The number of benzene rings is 2. The van der Waals surface area contributed by atoms with Crippen molar-refractivity contribution < 1.29 is 35.8 Å². The first-order valence-corrected chi connectivity index (χ1v) is 9.15. The summed E-state index contributed by atoms with van der Waals surface area (Å²) < 4.78 is 59.3. The largest absolute Gasteiger partial charge is 0.301 e. The Morgan fingerprint density at radius 1 is 0.731 bits per heavy atom. The predicted octanol–water partition coefficient (Wildman–Crippen LogP) is 1.68. The fourth-order valence-electron chi connectivity index (χ4n) is 1.57. The summed E-state index contributed by atoms with van der Waals surface area (Å²) >= 11 is 0. The smallest absolute Gasteiger partial charge is 0.282 e. The summed E-state index contributed by atoms with van der Waals surface area (Å²) in [5.41, 5.74) is -0.864. The van der Waals surface area contributed by atoms with Gasteiger partial charge >= 0.3 is 10.1 Å². The highest BCUT2D eigenvalue weighted by Crippen LogP contribution is 2.22. The molecule has 0 aliphatic carbocycles. The van der Waals surface area contributed by atoms with E-state index in [4.69, 9.17) is 9.11 Å². The monoisotopic (exact) mass is 406 g/mol. The van der Waals surface area contributed by atoms with Gasteiger partial charge in [-0.3, -0.25) is 29.3 Å². The van der Waals surface area contributed by atoms with Gasteiger partial charge in [0.05, 0.1) is 14.7 Å².